The van der Waals surface area contributed by atoms with Gasteiger partial charge >= 0.3 is 5.97 Å². The number of rotatable bonds is 10. The third-order valence-corrected chi connectivity index (χ3v) is 4.79. The van der Waals surface area contributed by atoms with Crippen LogP contribution in [0.2, 0.25) is 0 Å². The molecule has 142 valence electrons. The van der Waals surface area contributed by atoms with E-state index in [2.05, 4.69) is 4.74 Å². The van der Waals surface area contributed by atoms with Crippen molar-refractivity contribution < 1.29 is 24.2 Å². The number of ketones is 1. The summed E-state index contributed by atoms with van der Waals surface area (Å²) in [6.07, 6.45) is 6.05. The molecule has 0 saturated heterocycles. The maximum Gasteiger partial charge on any atom is 0.305 e. The normalized spacial score (nSPS) is 22.8. The molecule has 0 amide bonds. The fraction of sp³-hybridized carbons (Fsp3) is 0.524. The number of hydrogen-bond acceptors (Lipinski definition) is 5. The van der Waals surface area contributed by atoms with E-state index in [1.807, 2.05) is 42.5 Å². The minimum Gasteiger partial charge on any atom is -0.469 e. The van der Waals surface area contributed by atoms with Crippen molar-refractivity contribution in [2.75, 3.05) is 13.7 Å². The van der Waals surface area contributed by atoms with E-state index in [-0.39, 0.29) is 30.0 Å². The van der Waals surface area contributed by atoms with Crippen LogP contribution in [0.15, 0.2) is 42.5 Å². The number of hydrogen-bond donors (Lipinski definition) is 1. The summed E-state index contributed by atoms with van der Waals surface area (Å²) in [5.74, 6) is -0.461. The molecule has 5 nitrogen and oxygen atoms in total. The van der Waals surface area contributed by atoms with Crippen molar-refractivity contribution >= 4 is 11.8 Å². The van der Waals surface area contributed by atoms with E-state index < -0.39 is 6.10 Å². The zero-order valence-corrected chi connectivity index (χ0v) is 15.3. The summed E-state index contributed by atoms with van der Waals surface area (Å²) in [4.78, 5) is 23.2. The molecule has 1 aliphatic carbocycles. The van der Waals surface area contributed by atoms with Crippen molar-refractivity contribution in [2.24, 2.45) is 11.8 Å². The topological polar surface area (TPSA) is 72.8 Å². The van der Waals surface area contributed by atoms with Gasteiger partial charge in [-0.3, -0.25) is 9.59 Å². The second-order valence-electron chi connectivity index (χ2n) is 6.68. The number of carbonyl (C=O) groups excluding carboxylic acids is 2. The van der Waals surface area contributed by atoms with Gasteiger partial charge in [-0.15, -0.1) is 0 Å². The predicted molar refractivity (Wildman–Crippen MR) is 98.3 cm³/mol. The van der Waals surface area contributed by atoms with Crippen LogP contribution in [0.1, 0.15) is 37.7 Å². The lowest BCUT2D eigenvalue weighted by Crippen LogP contribution is -2.25. The third-order valence-electron chi connectivity index (χ3n) is 4.79. The van der Waals surface area contributed by atoms with E-state index in [4.69, 9.17) is 4.74 Å². The van der Waals surface area contributed by atoms with Crippen molar-refractivity contribution in [1.29, 1.82) is 0 Å². The van der Waals surface area contributed by atoms with E-state index >= 15 is 0 Å². The number of carbonyl (C=O) groups is 2. The molecule has 2 rings (SSSR count). The number of esters is 1. The fourth-order valence-corrected chi connectivity index (χ4v) is 3.26. The highest BCUT2D eigenvalue weighted by Crippen LogP contribution is 2.32. The Morgan fingerprint density at radius 2 is 2.04 bits per heavy atom. The molecule has 3 atom stereocenters. The molecule has 1 N–H and O–H groups in total. The minimum atomic E-state index is -0.629. The molecule has 0 bridgehead atoms. The largest absolute Gasteiger partial charge is 0.469 e. The molecule has 0 radical (unpaired) electrons. The lowest BCUT2D eigenvalue weighted by Gasteiger charge is -2.20. The lowest BCUT2D eigenvalue weighted by molar-refractivity contribution is -0.140. The van der Waals surface area contributed by atoms with E-state index in [0.717, 1.165) is 18.4 Å². The Balaban J connectivity index is 1.75. The number of ether oxygens (including phenoxy) is 2. The van der Waals surface area contributed by atoms with Gasteiger partial charge in [0, 0.05) is 24.7 Å². The van der Waals surface area contributed by atoms with Gasteiger partial charge in [-0.1, -0.05) is 42.5 Å². The zero-order chi connectivity index (χ0) is 18.8. The van der Waals surface area contributed by atoms with Gasteiger partial charge in [0.05, 0.1) is 26.4 Å². The highest BCUT2D eigenvalue weighted by molar-refractivity contribution is 5.84. The molecular formula is C21H28O5. The molecule has 3 unspecified atom stereocenters. The van der Waals surface area contributed by atoms with Crippen molar-refractivity contribution in [1.82, 2.24) is 0 Å². The number of allylic oxidation sites excluding steroid dienone is 2. The van der Waals surface area contributed by atoms with Crippen LogP contribution < -0.4 is 0 Å². The molecule has 1 aliphatic rings. The standard InChI is InChI=1S/C21H28O5/c1-25-21(24)12-8-3-2-7-11-17-18(20(23)13-19(17)22)15-26-14-16-9-5-4-6-10-16/h2,4-7,9-10,17-18,20,23H,3,8,11-15H2,1H3. The maximum absolute atomic E-state index is 12.2. The maximum atomic E-state index is 12.2. The molecule has 5 heteroatoms. The molecule has 1 aromatic rings. The smallest absolute Gasteiger partial charge is 0.305 e. The zero-order valence-electron chi connectivity index (χ0n) is 15.3. The van der Waals surface area contributed by atoms with Gasteiger partial charge < -0.3 is 14.6 Å². The molecule has 1 aromatic carbocycles. The van der Waals surface area contributed by atoms with Crippen molar-refractivity contribution in [3.8, 4) is 0 Å². The number of benzene rings is 1. The summed E-state index contributed by atoms with van der Waals surface area (Å²) >= 11 is 0. The van der Waals surface area contributed by atoms with Crippen LogP contribution >= 0.6 is 0 Å². The Labute approximate surface area is 155 Å². The van der Waals surface area contributed by atoms with E-state index in [1.165, 1.54) is 7.11 Å². The average molecular weight is 360 g/mol. The van der Waals surface area contributed by atoms with Crippen LogP contribution in [0.4, 0.5) is 0 Å². The first-order valence-corrected chi connectivity index (χ1v) is 9.16. The minimum absolute atomic E-state index is 0.102. The molecular weight excluding hydrogens is 332 g/mol. The SMILES string of the molecule is COC(=O)CCCC=CCC1C(=O)CC(O)C1COCc1ccccc1. The van der Waals surface area contributed by atoms with Gasteiger partial charge in [0.15, 0.2) is 0 Å². The highest BCUT2D eigenvalue weighted by atomic mass is 16.5. The van der Waals surface area contributed by atoms with Gasteiger partial charge in [0.1, 0.15) is 5.78 Å². The molecule has 1 fully saturated rings. The van der Waals surface area contributed by atoms with Gasteiger partial charge in [0.2, 0.25) is 0 Å². The number of aliphatic hydroxyl groups excluding tert-OH is 1. The van der Waals surface area contributed by atoms with E-state index in [9.17, 15) is 14.7 Å². The Kier molecular flexibility index (Phi) is 8.51. The van der Waals surface area contributed by atoms with Gasteiger partial charge in [0.25, 0.3) is 0 Å². The summed E-state index contributed by atoms with van der Waals surface area (Å²) < 4.78 is 10.3. The first kappa shape index (κ1) is 20.3. The molecule has 26 heavy (non-hydrogen) atoms. The van der Waals surface area contributed by atoms with Gasteiger partial charge in [-0.05, 0) is 24.8 Å². The summed E-state index contributed by atoms with van der Waals surface area (Å²) in [7, 11) is 1.38. The van der Waals surface area contributed by atoms with Crippen LogP contribution in [-0.2, 0) is 25.7 Å². The average Bonchev–Trinajstić information content (AvgIpc) is 2.92. The molecule has 0 spiro atoms. The Bertz CT molecular complexity index is 596. The third kappa shape index (κ3) is 6.39. The number of methoxy groups -OCH3 is 1. The van der Waals surface area contributed by atoms with E-state index in [1.54, 1.807) is 0 Å². The number of Topliss-reactive ketones (excluding diaryl/α,β-unsaturated/α-hetero) is 1. The van der Waals surface area contributed by atoms with Crippen molar-refractivity contribution in [3.63, 3.8) is 0 Å². The van der Waals surface area contributed by atoms with Crippen LogP contribution in [0.3, 0.4) is 0 Å². The first-order chi connectivity index (χ1) is 12.6. The summed E-state index contributed by atoms with van der Waals surface area (Å²) in [5, 5.41) is 10.2. The monoisotopic (exact) mass is 360 g/mol. The van der Waals surface area contributed by atoms with E-state index in [0.29, 0.717) is 26.1 Å². The quantitative estimate of drug-likeness (QED) is 0.394. The molecule has 0 aromatic heterocycles. The first-order valence-electron chi connectivity index (χ1n) is 9.16. The Morgan fingerprint density at radius 1 is 1.27 bits per heavy atom. The Morgan fingerprint density at radius 3 is 2.77 bits per heavy atom. The fourth-order valence-electron chi connectivity index (χ4n) is 3.26. The molecule has 0 heterocycles. The number of aliphatic hydroxyl groups is 1. The van der Waals surface area contributed by atoms with Crippen LogP contribution in [0.5, 0.6) is 0 Å². The second-order valence-corrected chi connectivity index (χ2v) is 6.68. The summed E-state index contributed by atoms with van der Waals surface area (Å²) in [5.41, 5.74) is 1.08. The van der Waals surface area contributed by atoms with Gasteiger partial charge in [-0.25, -0.2) is 0 Å². The summed E-state index contributed by atoms with van der Waals surface area (Å²) in [6.45, 7) is 0.858. The Hall–Kier alpha value is -1.98. The van der Waals surface area contributed by atoms with Crippen molar-refractivity contribution in [2.45, 2.75) is 44.8 Å². The van der Waals surface area contributed by atoms with Crippen LogP contribution in [0, 0.1) is 11.8 Å². The predicted octanol–water partition coefficient (Wildman–Crippen LogP) is 3.06. The molecule has 0 aliphatic heterocycles. The number of unbranched alkanes of at least 4 members (excludes halogenated alkanes) is 1. The second kappa shape index (κ2) is 10.9. The molecule has 1 saturated carbocycles. The van der Waals surface area contributed by atoms with Crippen molar-refractivity contribution in [3.05, 3.63) is 48.0 Å². The lowest BCUT2D eigenvalue weighted by atomic mass is 9.91. The summed E-state index contributed by atoms with van der Waals surface area (Å²) in [6, 6.07) is 9.85. The van der Waals surface area contributed by atoms with Crippen LogP contribution in [-0.4, -0.2) is 36.7 Å². The van der Waals surface area contributed by atoms with Crippen LogP contribution in [0.25, 0.3) is 0 Å². The van der Waals surface area contributed by atoms with Gasteiger partial charge in [-0.2, -0.15) is 0 Å². The highest BCUT2D eigenvalue weighted by Gasteiger charge is 2.40.